The lowest BCUT2D eigenvalue weighted by atomic mass is 9.80. The Kier molecular flexibility index (Phi) is 3.64. The van der Waals surface area contributed by atoms with E-state index in [-0.39, 0.29) is 11.1 Å². The van der Waals surface area contributed by atoms with E-state index in [0.29, 0.717) is 0 Å². The second-order valence-corrected chi connectivity index (χ2v) is 7.55. The summed E-state index contributed by atoms with van der Waals surface area (Å²) in [7, 11) is 0. The van der Waals surface area contributed by atoms with Crippen molar-refractivity contribution in [3.8, 4) is 0 Å². The third kappa shape index (κ3) is 2.64. The van der Waals surface area contributed by atoms with Gasteiger partial charge >= 0.3 is 0 Å². The molecule has 0 amide bonds. The van der Waals surface area contributed by atoms with Gasteiger partial charge in [0.1, 0.15) is 0 Å². The van der Waals surface area contributed by atoms with Crippen LogP contribution in [-0.2, 0) is 5.54 Å². The van der Waals surface area contributed by atoms with Gasteiger partial charge in [-0.15, -0.1) is 0 Å². The van der Waals surface area contributed by atoms with Gasteiger partial charge in [-0.25, -0.2) is 0 Å². The van der Waals surface area contributed by atoms with Gasteiger partial charge in [-0.1, -0.05) is 36.8 Å². The lowest BCUT2D eigenvalue weighted by Gasteiger charge is -2.53. The van der Waals surface area contributed by atoms with Crippen molar-refractivity contribution in [2.75, 3.05) is 19.6 Å². The first-order valence-electron chi connectivity index (χ1n) is 8.05. The lowest BCUT2D eigenvalue weighted by Crippen LogP contribution is -2.66. The van der Waals surface area contributed by atoms with Crippen molar-refractivity contribution >= 4 is 0 Å². The average molecular weight is 272 g/mol. The molecule has 2 nitrogen and oxygen atoms in total. The number of hydrogen-bond donors (Lipinski definition) is 1. The van der Waals surface area contributed by atoms with E-state index >= 15 is 0 Å². The Morgan fingerprint density at radius 2 is 1.85 bits per heavy atom. The molecule has 1 aromatic carbocycles. The fraction of sp³-hybridized carbons (Fsp3) is 0.667. The minimum atomic E-state index is 0.131. The van der Waals surface area contributed by atoms with Crippen molar-refractivity contribution in [3.63, 3.8) is 0 Å². The summed E-state index contributed by atoms with van der Waals surface area (Å²) >= 11 is 0. The Balaban J connectivity index is 1.85. The van der Waals surface area contributed by atoms with Crippen LogP contribution in [0.25, 0.3) is 0 Å². The number of nitrogens with one attached hydrogen (secondary N) is 1. The highest BCUT2D eigenvalue weighted by molar-refractivity contribution is 5.26. The zero-order valence-corrected chi connectivity index (χ0v) is 13.2. The molecular weight excluding hydrogens is 244 g/mol. The Bertz CT molecular complexity index is 450. The summed E-state index contributed by atoms with van der Waals surface area (Å²) in [4.78, 5) is 2.74. The molecule has 1 aliphatic heterocycles. The van der Waals surface area contributed by atoms with Crippen LogP contribution in [0.1, 0.15) is 45.6 Å². The van der Waals surface area contributed by atoms with E-state index in [1.54, 1.807) is 0 Å². The van der Waals surface area contributed by atoms with E-state index in [4.69, 9.17) is 0 Å². The van der Waals surface area contributed by atoms with Gasteiger partial charge < -0.3 is 5.32 Å². The summed E-state index contributed by atoms with van der Waals surface area (Å²) in [5.74, 6) is 0.923. The van der Waals surface area contributed by atoms with Crippen LogP contribution < -0.4 is 5.32 Å². The van der Waals surface area contributed by atoms with Crippen LogP contribution >= 0.6 is 0 Å². The van der Waals surface area contributed by atoms with Gasteiger partial charge in [-0.3, -0.25) is 4.90 Å². The van der Waals surface area contributed by atoms with E-state index in [1.807, 2.05) is 0 Å². The molecule has 1 aliphatic carbocycles. The average Bonchev–Trinajstić information content (AvgIpc) is 2.39. The minimum absolute atomic E-state index is 0.131. The molecule has 1 unspecified atom stereocenters. The van der Waals surface area contributed by atoms with Gasteiger partial charge in [0.15, 0.2) is 0 Å². The molecule has 0 spiro atoms. The SMILES string of the molecule is CC1(C)CN(CC2CCC2)C(C)(c2ccccc2)CN1. The molecule has 1 N–H and O–H groups in total. The molecule has 1 saturated carbocycles. The number of rotatable bonds is 3. The highest BCUT2D eigenvalue weighted by atomic mass is 15.3. The molecule has 3 rings (SSSR count). The summed E-state index contributed by atoms with van der Waals surface area (Å²) in [6.45, 7) is 10.5. The van der Waals surface area contributed by atoms with Gasteiger partial charge in [-0.05, 0) is 45.1 Å². The first kappa shape index (κ1) is 14.1. The summed E-state index contributed by atoms with van der Waals surface area (Å²) in [5.41, 5.74) is 1.80. The van der Waals surface area contributed by atoms with E-state index in [0.717, 1.165) is 19.0 Å². The maximum atomic E-state index is 3.75. The predicted octanol–water partition coefficient (Wildman–Crippen LogP) is 3.39. The van der Waals surface area contributed by atoms with Crippen LogP contribution in [0.2, 0.25) is 0 Å². The molecule has 110 valence electrons. The maximum Gasteiger partial charge on any atom is 0.0558 e. The quantitative estimate of drug-likeness (QED) is 0.907. The molecule has 0 aromatic heterocycles. The molecular formula is C18H28N2. The standard InChI is InChI=1S/C18H28N2/c1-17(2)14-20(12-15-8-7-9-15)18(3,13-19-17)16-10-5-4-6-11-16/h4-6,10-11,15,19H,7-9,12-14H2,1-3H3. The van der Waals surface area contributed by atoms with E-state index in [1.165, 1.54) is 31.4 Å². The fourth-order valence-electron chi connectivity index (χ4n) is 3.57. The van der Waals surface area contributed by atoms with Gasteiger partial charge in [0, 0.05) is 25.2 Å². The fourth-order valence-corrected chi connectivity index (χ4v) is 3.57. The zero-order chi connectivity index (χ0) is 14.2. The molecule has 2 heteroatoms. The van der Waals surface area contributed by atoms with Crippen LogP contribution in [0.3, 0.4) is 0 Å². The van der Waals surface area contributed by atoms with Gasteiger partial charge in [0.05, 0.1) is 5.54 Å². The monoisotopic (exact) mass is 272 g/mol. The van der Waals surface area contributed by atoms with Crippen molar-refractivity contribution in [2.45, 2.75) is 51.1 Å². The largest absolute Gasteiger partial charge is 0.308 e. The molecule has 2 aliphatic rings. The number of benzene rings is 1. The maximum absolute atomic E-state index is 3.75. The van der Waals surface area contributed by atoms with Crippen LogP contribution in [0, 0.1) is 5.92 Å². The number of hydrogen-bond acceptors (Lipinski definition) is 2. The van der Waals surface area contributed by atoms with E-state index < -0.39 is 0 Å². The van der Waals surface area contributed by atoms with E-state index in [9.17, 15) is 0 Å². The molecule has 0 radical (unpaired) electrons. The molecule has 2 fully saturated rings. The topological polar surface area (TPSA) is 15.3 Å². The minimum Gasteiger partial charge on any atom is -0.308 e. The molecule has 1 atom stereocenters. The molecule has 0 bridgehead atoms. The second-order valence-electron chi connectivity index (χ2n) is 7.55. The smallest absolute Gasteiger partial charge is 0.0558 e. The first-order valence-corrected chi connectivity index (χ1v) is 8.05. The van der Waals surface area contributed by atoms with Gasteiger partial charge in [0.2, 0.25) is 0 Å². The third-order valence-electron chi connectivity index (χ3n) is 5.29. The summed E-state index contributed by atoms with van der Waals surface area (Å²) in [5, 5.41) is 3.75. The van der Waals surface area contributed by atoms with Crippen LogP contribution in [-0.4, -0.2) is 30.1 Å². The van der Waals surface area contributed by atoms with Gasteiger partial charge in [0.25, 0.3) is 0 Å². The Morgan fingerprint density at radius 1 is 1.15 bits per heavy atom. The van der Waals surface area contributed by atoms with Crippen LogP contribution in [0.5, 0.6) is 0 Å². The molecule has 1 saturated heterocycles. The van der Waals surface area contributed by atoms with Crippen molar-refractivity contribution in [1.29, 1.82) is 0 Å². The van der Waals surface area contributed by atoms with Crippen molar-refractivity contribution in [1.82, 2.24) is 10.2 Å². The van der Waals surface area contributed by atoms with Crippen molar-refractivity contribution < 1.29 is 0 Å². The van der Waals surface area contributed by atoms with Gasteiger partial charge in [-0.2, -0.15) is 0 Å². The summed E-state index contributed by atoms with van der Waals surface area (Å²) in [6, 6.07) is 11.0. The normalized spacial score (nSPS) is 30.9. The number of nitrogens with zero attached hydrogens (tertiary/aromatic N) is 1. The summed E-state index contributed by atoms with van der Waals surface area (Å²) in [6.07, 6.45) is 4.28. The Hall–Kier alpha value is -0.860. The van der Waals surface area contributed by atoms with Crippen LogP contribution in [0.4, 0.5) is 0 Å². The Labute approximate surface area is 123 Å². The van der Waals surface area contributed by atoms with Crippen LogP contribution in [0.15, 0.2) is 30.3 Å². The summed E-state index contributed by atoms with van der Waals surface area (Å²) < 4.78 is 0. The number of piperazine rings is 1. The van der Waals surface area contributed by atoms with Crippen molar-refractivity contribution in [3.05, 3.63) is 35.9 Å². The second kappa shape index (κ2) is 5.16. The Morgan fingerprint density at radius 3 is 2.45 bits per heavy atom. The molecule has 1 aromatic rings. The highest BCUT2D eigenvalue weighted by Gasteiger charge is 2.42. The molecule has 20 heavy (non-hydrogen) atoms. The highest BCUT2D eigenvalue weighted by Crippen LogP contribution is 2.36. The first-order chi connectivity index (χ1) is 9.50. The van der Waals surface area contributed by atoms with Crippen molar-refractivity contribution in [2.24, 2.45) is 5.92 Å². The molecule has 1 heterocycles. The lowest BCUT2D eigenvalue weighted by molar-refractivity contribution is 0.00164. The predicted molar refractivity (Wildman–Crippen MR) is 84.8 cm³/mol. The zero-order valence-electron chi connectivity index (χ0n) is 13.2. The third-order valence-corrected chi connectivity index (χ3v) is 5.29. The van der Waals surface area contributed by atoms with E-state index in [2.05, 4.69) is 61.3 Å².